The molecule has 0 aromatic rings. The number of hydrogen-bond acceptors (Lipinski definition) is 3. The van der Waals surface area contributed by atoms with Crippen LogP contribution in [0, 0.1) is 0 Å². The Bertz CT molecular complexity index is 1070. The van der Waals surface area contributed by atoms with Crippen LogP contribution < -0.4 is 0 Å². The van der Waals surface area contributed by atoms with E-state index in [0.29, 0.717) is 6.42 Å². The lowest BCUT2D eigenvalue weighted by Gasteiger charge is -2.04. The average Bonchev–Trinajstić information content (AvgIpc) is 2.88. The van der Waals surface area contributed by atoms with Crippen molar-refractivity contribution in [3.8, 4) is 0 Å². The lowest BCUT2D eigenvalue weighted by Crippen LogP contribution is -2.09. The molecule has 3 nitrogen and oxygen atoms in total. The molecule has 0 saturated carbocycles. The van der Waals surface area contributed by atoms with E-state index in [2.05, 4.69) is 84.9 Å². The van der Waals surface area contributed by atoms with Crippen molar-refractivity contribution in [3.05, 3.63) is 81.5 Å². The third kappa shape index (κ3) is 25.8. The van der Waals surface area contributed by atoms with Gasteiger partial charge in [-0.1, -0.05) is 88.5 Å². The lowest BCUT2D eigenvalue weighted by atomic mass is 10.0. The molecule has 0 unspecified atom stereocenters. The molecule has 0 fully saturated rings. The van der Waals surface area contributed by atoms with E-state index in [1.54, 1.807) is 0 Å². The molecular formula is C38H64O3S. The zero-order chi connectivity index (χ0) is 31.8. The first-order valence-corrected chi connectivity index (χ1v) is 17.9. The van der Waals surface area contributed by atoms with Gasteiger partial charge in [-0.2, -0.15) is 8.42 Å². The molecule has 0 aromatic carbocycles. The van der Waals surface area contributed by atoms with Crippen LogP contribution in [-0.4, -0.2) is 20.8 Å². The van der Waals surface area contributed by atoms with E-state index in [1.165, 1.54) is 51.9 Å². The highest BCUT2D eigenvalue weighted by atomic mass is 32.2. The normalized spacial score (nSPS) is 14.5. The van der Waals surface area contributed by atoms with Crippen LogP contribution in [0.1, 0.15) is 146 Å². The fourth-order valence-corrected chi connectivity index (χ4v) is 5.41. The molecule has 0 aromatic heterocycles. The van der Waals surface area contributed by atoms with Crippen molar-refractivity contribution in [2.45, 2.75) is 146 Å². The topological polar surface area (TPSA) is 43.4 Å². The van der Waals surface area contributed by atoms with Gasteiger partial charge in [0.25, 0.3) is 10.1 Å². The van der Waals surface area contributed by atoms with Crippen molar-refractivity contribution in [2.24, 2.45) is 0 Å². The summed E-state index contributed by atoms with van der Waals surface area (Å²) in [7, 11) is -3.37. The molecule has 0 saturated heterocycles. The van der Waals surface area contributed by atoms with Crippen molar-refractivity contribution in [3.63, 3.8) is 0 Å². The molecule has 0 radical (unpaired) electrons. The van der Waals surface area contributed by atoms with Crippen molar-refractivity contribution in [2.75, 3.05) is 12.4 Å². The molecule has 0 aliphatic carbocycles. The summed E-state index contributed by atoms with van der Waals surface area (Å²) in [4.78, 5) is 0. The maximum Gasteiger partial charge on any atom is 0.267 e. The fraction of sp³-hybridized carbons (Fsp3) is 0.632. The van der Waals surface area contributed by atoms with Crippen LogP contribution in [0.15, 0.2) is 81.5 Å². The monoisotopic (exact) mass is 600 g/mol. The summed E-state index contributed by atoms with van der Waals surface area (Å²) in [6.45, 7) is 19.6. The summed E-state index contributed by atoms with van der Waals surface area (Å²) in [5.41, 5.74) is 9.99. The molecule has 0 rings (SSSR count). The van der Waals surface area contributed by atoms with Crippen LogP contribution in [-0.2, 0) is 14.3 Å². The smallest absolute Gasteiger partial charge is 0.266 e. The quantitative estimate of drug-likeness (QED) is 0.0865. The Morgan fingerprint density at radius 3 is 1.05 bits per heavy atom. The first-order valence-electron chi connectivity index (χ1n) is 16.3. The second-order valence-electron chi connectivity index (χ2n) is 12.4. The number of rotatable bonds is 23. The molecule has 0 bridgehead atoms. The van der Waals surface area contributed by atoms with E-state index >= 15 is 0 Å². The second kappa shape index (κ2) is 24.5. The van der Waals surface area contributed by atoms with Gasteiger partial charge in [0.15, 0.2) is 0 Å². The first-order chi connectivity index (χ1) is 19.8. The second-order valence-corrected chi connectivity index (χ2v) is 14.1. The van der Waals surface area contributed by atoms with Gasteiger partial charge in [-0.05, 0) is 139 Å². The van der Waals surface area contributed by atoms with E-state index in [4.69, 9.17) is 4.18 Å². The van der Waals surface area contributed by atoms with Crippen LogP contribution in [0.4, 0.5) is 0 Å². The Kier molecular flexibility index (Phi) is 23.4. The Hall–Kier alpha value is -1.91. The Balaban J connectivity index is 4.21. The predicted molar refractivity (Wildman–Crippen MR) is 187 cm³/mol. The van der Waals surface area contributed by atoms with E-state index < -0.39 is 10.1 Å². The van der Waals surface area contributed by atoms with Gasteiger partial charge in [-0.3, -0.25) is 4.18 Å². The van der Waals surface area contributed by atoms with E-state index in [1.807, 2.05) is 19.9 Å². The van der Waals surface area contributed by atoms with Crippen molar-refractivity contribution < 1.29 is 12.6 Å². The number of hydrogen-bond donors (Lipinski definition) is 0. The largest absolute Gasteiger partial charge is 0.267 e. The van der Waals surface area contributed by atoms with Crippen LogP contribution in [0.25, 0.3) is 0 Å². The summed E-state index contributed by atoms with van der Waals surface area (Å²) in [6.07, 6.45) is 30.0. The summed E-state index contributed by atoms with van der Waals surface area (Å²) in [6, 6.07) is 0. The van der Waals surface area contributed by atoms with Crippen LogP contribution >= 0.6 is 0 Å². The third-order valence-corrected chi connectivity index (χ3v) is 8.79. The minimum absolute atomic E-state index is 0.0834. The van der Waals surface area contributed by atoms with Gasteiger partial charge in [-0.15, -0.1) is 0 Å². The summed E-state index contributed by atoms with van der Waals surface area (Å²) in [5.74, 6) is 0.0834. The van der Waals surface area contributed by atoms with Gasteiger partial charge in [0, 0.05) is 0 Å². The Labute approximate surface area is 261 Å². The van der Waals surface area contributed by atoms with E-state index in [9.17, 15) is 8.42 Å². The molecule has 42 heavy (non-hydrogen) atoms. The van der Waals surface area contributed by atoms with Crippen molar-refractivity contribution >= 4 is 10.1 Å². The molecule has 0 N–H and O–H groups in total. The highest BCUT2D eigenvalue weighted by Crippen LogP contribution is 2.16. The Morgan fingerprint density at radius 2 is 0.762 bits per heavy atom. The van der Waals surface area contributed by atoms with Crippen LogP contribution in [0.2, 0.25) is 0 Å². The molecule has 0 aliphatic rings. The zero-order valence-electron chi connectivity index (χ0n) is 28.8. The molecular weight excluding hydrogens is 536 g/mol. The maximum atomic E-state index is 11.6. The molecule has 0 spiro atoms. The van der Waals surface area contributed by atoms with Crippen LogP contribution in [0.3, 0.4) is 0 Å². The molecule has 4 heteroatoms. The molecule has 0 heterocycles. The maximum absolute atomic E-state index is 11.6. The molecule has 0 atom stereocenters. The van der Waals surface area contributed by atoms with Gasteiger partial charge >= 0.3 is 0 Å². The van der Waals surface area contributed by atoms with Gasteiger partial charge in [0.05, 0.1) is 12.4 Å². The van der Waals surface area contributed by atoms with Gasteiger partial charge in [-0.25, -0.2) is 0 Å². The minimum atomic E-state index is -3.37. The predicted octanol–water partition coefficient (Wildman–Crippen LogP) is 12.1. The van der Waals surface area contributed by atoms with Crippen molar-refractivity contribution in [1.29, 1.82) is 0 Å². The minimum Gasteiger partial charge on any atom is -0.266 e. The van der Waals surface area contributed by atoms with Gasteiger partial charge in [0.2, 0.25) is 0 Å². The van der Waals surface area contributed by atoms with Crippen LogP contribution in [0.5, 0.6) is 0 Å². The van der Waals surface area contributed by atoms with Gasteiger partial charge in [0.1, 0.15) is 0 Å². The van der Waals surface area contributed by atoms with Gasteiger partial charge < -0.3 is 0 Å². The standard InChI is InChI=1S/C38H64O3S/c1-10-31-42(39,40)41-30-29-38(9)28-16-27-37(8)26-15-25-36(7)24-14-23-35(6)22-13-21-34(5)20-12-19-33(4)18-11-17-32(2)3/h17,19,21,23,25,27,29H,10-16,18,20,22,24,26,28,30-31H2,1-9H3/b33-19?,34-21?,35-23?,36-25+,37-27?,38-29+. The Morgan fingerprint density at radius 1 is 0.476 bits per heavy atom. The molecule has 240 valence electrons. The SMILES string of the molecule is CCCS(=O)(=O)OC/C=C(\C)CCC=C(C)CC/C=C(\C)CCC=C(C)CCC=C(C)CCC=C(C)CCC=C(C)C. The zero-order valence-corrected chi connectivity index (χ0v) is 29.6. The summed E-state index contributed by atoms with van der Waals surface area (Å²) < 4.78 is 28.2. The van der Waals surface area contributed by atoms with Crippen molar-refractivity contribution in [1.82, 2.24) is 0 Å². The summed E-state index contributed by atoms with van der Waals surface area (Å²) in [5, 5.41) is 0. The average molecular weight is 601 g/mol. The highest BCUT2D eigenvalue weighted by Gasteiger charge is 2.07. The molecule has 0 amide bonds. The third-order valence-electron chi connectivity index (χ3n) is 7.38. The number of allylic oxidation sites excluding steroid dienone is 13. The molecule has 0 aliphatic heterocycles. The first kappa shape index (κ1) is 40.1. The lowest BCUT2D eigenvalue weighted by molar-refractivity contribution is 0.356. The highest BCUT2D eigenvalue weighted by molar-refractivity contribution is 7.86. The van der Waals surface area contributed by atoms with E-state index in [-0.39, 0.29) is 12.4 Å². The summed E-state index contributed by atoms with van der Waals surface area (Å²) >= 11 is 0. The fourth-order valence-electron chi connectivity index (χ4n) is 4.52. The van der Waals surface area contributed by atoms with E-state index in [0.717, 1.165) is 64.2 Å².